The van der Waals surface area contributed by atoms with E-state index in [1.165, 1.54) is 11.8 Å². The molecule has 0 aromatic heterocycles. The van der Waals surface area contributed by atoms with Crippen LogP contribution in [0.5, 0.6) is 0 Å². The van der Waals surface area contributed by atoms with Gasteiger partial charge in [-0.05, 0) is 35.6 Å². The van der Waals surface area contributed by atoms with Crippen LogP contribution in [0.1, 0.15) is 10.4 Å². The number of thioether (sulfide) groups is 1. The van der Waals surface area contributed by atoms with Crippen molar-refractivity contribution in [1.82, 2.24) is 0 Å². The van der Waals surface area contributed by atoms with Gasteiger partial charge in [-0.1, -0.05) is 60.7 Å². The zero-order valence-electron chi connectivity index (χ0n) is 14.8. The molecule has 3 aromatic rings. The van der Waals surface area contributed by atoms with Crippen LogP contribution < -0.4 is 5.32 Å². The number of rotatable bonds is 6. The van der Waals surface area contributed by atoms with Gasteiger partial charge < -0.3 is 10.1 Å². The van der Waals surface area contributed by atoms with Crippen LogP contribution in [-0.2, 0) is 9.53 Å². The highest BCUT2D eigenvalue weighted by atomic mass is 32.2. The minimum absolute atomic E-state index is 0.343. The third-order valence-corrected chi connectivity index (χ3v) is 4.74. The van der Waals surface area contributed by atoms with Gasteiger partial charge in [0.2, 0.25) is 0 Å². The maximum Gasteiger partial charge on any atom is 0.339 e. The molecular formula is C22H19NO3S. The predicted molar refractivity (Wildman–Crippen MR) is 109 cm³/mol. The molecule has 0 unspecified atom stereocenters. The highest BCUT2D eigenvalue weighted by molar-refractivity contribution is 7.98. The molecule has 0 aliphatic rings. The molecule has 0 bridgehead atoms. The normalized spacial score (nSPS) is 10.3. The number of esters is 1. The molecule has 0 heterocycles. The molecule has 5 heteroatoms. The first-order valence-corrected chi connectivity index (χ1v) is 9.66. The summed E-state index contributed by atoms with van der Waals surface area (Å²) in [4.78, 5) is 25.6. The smallest absolute Gasteiger partial charge is 0.339 e. The van der Waals surface area contributed by atoms with Gasteiger partial charge in [0.15, 0.2) is 6.61 Å². The van der Waals surface area contributed by atoms with Gasteiger partial charge in [-0.3, -0.25) is 4.79 Å². The Labute approximate surface area is 162 Å². The zero-order valence-corrected chi connectivity index (χ0v) is 15.7. The molecule has 3 rings (SSSR count). The standard InChI is InChI=1S/C22H19NO3S/c1-27-20-14-8-7-13-19(20)23-21(24)15-26-22(25)18-12-6-5-11-17(18)16-9-3-2-4-10-16/h2-14H,15H2,1H3,(H,23,24). The summed E-state index contributed by atoms with van der Waals surface area (Å²) < 4.78 is 5.24. The lowest BCUT2D eigenvalue weighted by Gasteiger charge is -2.11. The third-order valence-electron chi connectivity index (χ3n) is 3.95. The number of ether oxygens (including phenoxy) is 1. The van der Waals surface area contributed by atoms with E-state index in [1.807, 2.05) is 73.0 Å². The number of hydrogen-bond acceptors (Lipinski definition) is 4. The molecule has 0 atom stereocenters. The molecule has 1 N–H and O–H groups in total. The summed E-state index contributed by atoms with van der Waals surface area (Å²) in [5.41, 5.74) is 2.83. The summed E-state index contributed by atoms with van der Waals surface area (Å²) in [6.07, 6.45) is 1.94. The monoisotopic (exact) mass is 377 g/mol. The first-order valence-electron chi connectivity index (χ1n) is 8.43. The van der Waals surface area contributed by atoms with E-state index >= 15 is 0 Å². The number of carbonyl (C=O) groups excluding carboxylic acids is 2. The highest BCUT2D eigenvalue weighted by Crippen LogP contribution is 2.25. The van der Waals surface area contributed by atoms with Crippen molar-refractivity contribution < 1.29 is 14.3 Å². The molecular weight excluding hydrogens is 358 g/mol. The Morgan fingerprint density at radius 2 is 1.56 bits per heavy atom. The van der Waals surface area contributed by atoms with Gasteiger partial charge in [-0.25, -0.2) is 4.79 Å². The minimum Gasteiger partial charge on any atom is -0.452 e. The topological polar surface area (TPSA) is 55.4 Å². The summed E-state index contributed by atoms with van der Waals surface area (Å²) in [6, 6.07) is 24.3. The van der Waals surface area contributed by atoms with E-state index in [2.05, 4.69) is 5.32 Å². The number of amides is 1. The first kappa shape index (κ1) is 18.7. The van der Waals surface area contributed by atoms with Gasteiger partial charge in [0, 0.05) is 4.90 Å². The average Bonchev–Trinajstić information content (AvgIpc) is 2.73. The van der Waals surface area contributed by atoms with Crippen LogP contribution in [0.25, 0.3) is 11.1 Å². The molecule has 4 nitrogen and oxygen atoms in total. The first-order chi connectivity index (χ1) is 13.2. The second-order valence-electron chi connectivity index (χ2n) is 5.74. The van der Waals surface area contributed by atoms with Gasteiger partial charge in [-0.2, -0.15) is 0 Å². The Bertz CT molecular complexity index is 941. The molecule has 0 aliphatic carbocycles. The van der Waals surface area contributed by atoms with Crippen molar-refractivity contribution in [3.63, 3.8) is 0 Å². The molecule has 0 aliphatic heterocycles. The number of carbonyl (C=O) groups is 2. The minimum atomic E-state index is -0.525. The molecule has 1 amide bonds. The van der Waals surface area contributed by atoms with Crippen molar-refractivity contribution in [3.05, 3.63) is 84.4 Å². The van der Waals surface area contributed by atoms with Crippen molar-refractivity contribution in [2.75, 3.05) is 18.2 Å². The molecule has 0 fully saturated rings. The largest absolute Gasteiger partial charge is 0.452 e. The summed E-state index contributed by atoms with van der Waals surface area (Å²) in [5, 5.41) is 2.78. The molecule has 0 radical (unpaired) electrons. The zero-order chi connectivity index (χ0) is 19.1. The number of para-hydroxylation sites is 1. The second-order valence-corrected chi connectivity index (χ2v) is 6.58. The van der Waals surface area contributed by atoms with Crippen LogP contribution >= 0.6 is 11.8 Å². The second kappa shape index (κ2) is 9.05. The number of benzene rings is 3. The van der Waals surface area contributed by atoms with Gasteiger partial charge in [0.25, 0.3) is 5.91 Å². The van der Waals surface area contributed by atoms with E-state index in [0.29, 0.717) is 11.3 Å². The number of anilines is 1. The van der Waals surface area contributed by atoms with E-state index < -0.39 is 5.97 Å². The lowest BCUT2D eigenvalue weighted by atomic mass is 10.00. The predicted octanol–water partition coefficient (Wildman–Crippen LogP) is 4.87. The molecule has 0 saturated heterocycles. The fourth-order valence-electron chi connectivity index (χ4n) is 2.67. The van der Waals surface area contributed by atoms with Crippen LogP contribution in [0.3, 0.4) is 0 Å². The summed E-state index contributed by atoms with van der Waals surface area (Å²) in [5.74, 6) is -0.898. The highest BCUT2D eigenvalue weighted by Gasteiger charge is 2.15. The Kier molecular flexibility index (Phi) is 6.28. The fraction of sp³-hybridized carbons (Fsp3) is 0.0909. The summed E-state index contributed by atoms with van der Waals surface area (Å²) >= 11 is 1.54. The Balaban J connectivity index is 1.67. The van der Waals surface area contributed by atoms with Gasteiger partial charge in [-0.15, -0.1) is 11.8 Å². The molecule has 136 valence electrons. The van der Waals surface area contributed by atoms with Crippen LogP contribution in [0.15, 0.2) is 83.8 Å². The third kappa shape index (κ3) is 4.77. The van der Waals surface area contributed by atoms with E-state index in [0.717, 1.165) is 16.0 Å². The number of hydrogen-bond donors (Lipinski definition) is 1. The Hall–Kier alpha value is -3.05. The van der Waals surface area contributed by atoms with Crippen molar-refractivity contribution in [3.8, 4) is 11.1 Å². The molecule has 27 heavy (non-hydrogen) atoms. The van der Waals surface area contributed by atoms with Crippen molar-refractivity contribution >= 4 is 29.3 Å². The molecule has 0 saturated carbocycles. The lowest BCUT2D eigenvalue weighted by Crippen LogP contribution is -2.21. The lowest BCUT2D eigenvalue weighted by molar-refractivity contribution is -0.119. The van der Waals surface area contributed by atoms with Gasteiger partial charge in [0.1, 0.15) is 0 Å². The quantitative estimate of drug-likeness (QED) is 0.492. The van der Waals surface area contributed by atoms with Crippen LogP contribution in [0.2, 0.25) is 0 Å². The van der Waals surface area contributed by atoms with Crippen molar-refractivity contribution in [2.45, 2.75) is 4.90 Å². The Morgan fingerprint density at radius 1 is 0.889 bits per heavy atom. The Morgan fingerprint density at radius 3 is 2.33 bits per heavy atom. The maximum atomic E-state index is 12.5. The van der Waals surface area contributed by atoms with E-state index in [1.54, 1.807) is 12.1 Å². The van der Waals surface area contributed by atoms with E-state index in [-0.39, 0.29) is 12.5 Å². The van der Waals surface area contributed by atoms with Crippen LogP contribution in [0, 0.1) is 0 Å². The van der Waals surface area contributed by atoms with Crippen LogP contribution in [0.4, 0.5) is 5.69 Å². The van der Waals surface area contributed by atoms with E-state index in [9.17, 15) is 9.59 Å². The van der Waals surface area contributed by atoms with Gasteiger partial charge in [0.05, 0.1) is 11.3 Å². The van der Waals surface area contributed by atoms with Crippen LogP contribution in [-0.4, -0.2) is 24.7 Å². The maximum absolute atomic E-state index is 12.5. The van der Waals surface area contributed by atoms with Gasteiger partial charge >= 0.3 is 5.97 Å². The van der Waals surface area contributed by atoms with Crippen molar-refractivity contribution in [2.24, 2.45) is 0 Å². The average molecular weight is 377 g/mol. The van der Waals surface area contributed by atoms with Crippen molar-refractivity contribution in [1.29, 1.82) is 0 Å². The molecule has 0 spiro atoms. The number of nitrogens with one attached hydrogen (secondary N) is 1. The SMILES string of the molecule is CSc1ccccc1NC(=O)COC(=O)c1ccccc1-c1ccccc1. The summed E-state index contributed by atoms with van der Waals surface area (Å²) in [7, 11) is 0. The summed E-state index contributed by atoms with van der Waals surface area (Å²) in [6.45, 7) is -0.343. The van der Waals surface area contributed by atoms with E-state index in [4.69, 9.17) is 4.74 Å². The molecule has 3 aromatic carbocycles. The fourth-order valence-corrected chi connectivity index (χ4v) is 3.23.